The average Bonchev–Trinajstić information content (AvgIpc) is 2.71. The zero-order chi connectivity index (χ0) is 23.0. The second-order valence-electron chi connectivity index (χ2n) is 6.96. The van der Waals surface area contributed by atoms with Crippen molar-refractivity contribution in [3.8, 4) is 11.1 Å². The summed E-state index contributed by atoms with van der Waals surface area (Å²) in [6, 6.07) is 0. The molecule has 0 amide bonds. The van der Waals surface area contributed by atoms with Gasteiger partial charge >= 0.3 is 0 Å². The first-order valence-electron chi connectivity index (χ1n) is 9.11. The molecule has 162 valence electrons. The maximum atomic E-state index is 14.8. The van der Waals surface area contributed by atoms with E-state index < -0.39 is 74.4 Å². The lowest BCUT2D eigenvalue weighted by Crippen LogP contribution is -2.30. The molecule has 0 nitrogen and oxygen atoms in total. The van der Waals surface area contributed by atoms with Gasteiger partial charge in [0.2, 0.25) is 5.82 Å². The van der Waals surface area contributed by atoms with Crippen LogP contribution in [0, 0.1) is 52.4 Å². The molecule has 2 aromatic rings. The number of benzene rings is 2. The Morgan fingerprint density at radius 1 is 0.533 bits per heavy atom. The van der Waals surface area contributed by atoms with Gasteiger partial charge in [-0.05, 0) is 10.9 Å². The van der Waals surface area contributed by atoms with Crippen LogP contribution < -0.4 is 0 Å². The van der Waals surface area contributed by atoms with Crippen LogP contribution in [0.4, 0.5) is 39.5 Å². The van der Waals surface area contributed by atoms with Crippen LogP contribution in [-0.4, -0.2) is 7.85 Å². The first-order chi connectivity index (χ1) is 13.9. The lowest BCUT2D eigenvalue weighted by Gasteiger charge is -2.34. The Balaban J connectivity index is 3.09. The largest absolute Gasteiger partial charge is 0.203 e. The first kappa shape index (κ1) is 24.1. The van der Waals surface area contributed by atoms with Crippen LogP contribution in [0.15, 0.2) is 0 Å². The molecule has 0 N–H and O–H groups in total. The minimum atomic E-state index is -2.54. The molecule has 0 aliphatic carbocycles. The summed E-state index contributed by atoms with van der Waals surface area (Å²) in [5.74, 6) is -21.6. The quantitative estimate of drug-likeness (QED) is 0.190. The third kappa shape index (κ3) is 3.80. The Morgan fingerprint density at radius 2 is 0.933 bits per heavy atom. The van der Waals surface area contributed by atoms with Gasteiger partial charge in [0.15, 0.2) is 46.5 Å². The molecule has 0 bridgehead atoms. The van der Waals surface area contributed by atoms with E-state index in [1.165, 1.54) is 0 Å². The van der Waals surface area contributed by atoms with E-state index in [0.717, 1.165) is 0 Å². The molecule has 10 heteroatoms. The van der Waals surface area contributed by atoms with E-state index in [4.69, 9.17) is 7.85 Å². The van der Waals surface area contributed by atoms with Crippen LogP contribution in [0.3, 0.4) is 0 Å². The van der Waals surface area contributed by atoms with E-state index in [9.17, 15) is 39.5 Å². The molecule has 0 aliphatic heterocycles. The van der Waals surface area contributed by atoms with Crippen LogP contribution >= 0.6 is 0 Å². The van der Waals surface area contributed by atoms with E-state index >= 15 is 0 Å². The van der Waals surface area contributed by atoms with Crippen LogP contribution in [0.2, 0.25) is 0 Å². The van der Waals surface area contributed by atoms with Crippen LogP contribution in [0.5, 0.6) is 0 Å². The van der Waals surface area contributed by atoms with Crippen LogP contribution in [0.1, 0.15) is 51.5 Å². The van der Waals surface area contributed by atoms with Crippen molar-refractivity contribution in [3.05, 3.63) is 57.9 Å². The molecule has 1 unspecified atom stereocenters. The smallest absolute Gasteiger partial charge is 0.200 e. The molecule has 0 fully saturated rings. The lowest BCUT2D eigenvalue weighted by molar-refractivity contribution is 0.374. The number of halogens is 9. The molecule has 30 heavy (non-hydrogen) atoms. The van der Waals surface area contributed by atoms with Gasteiger partial charge in [0.1, 0.15) is 0 Å². The van der Waals surface area contributed by atoms with E-state index in [1.54, 1.807) is 13.8 Å². The molecule has 0 heterocycles. The fourth-order valence-corrected chi connectivity index (χ4v) is 3.47. The molecule has 0 aromatic heterocycles. The predicted molar refractivity (Wildman–Crippen MR) is 93.4 cm³/mol. The van der Waals surface area contributed by atoms with Crippen molar-refractivity contribution in [1.29, 1.82) is 0 Å². The Labute approximate surface area is 168 Å². The highest BCUT2D eigenvalue weighted by Crippen LogP contribution is 2.45. The lowest BCUT2D eigenvalue weighted by atomic mass is 9.57. The summed E-state index contributed by atoms with van der Waals surface area (Å²) in [4.78, 5) is 0. The molecule has 2 radical (unpaired) electrons. The zero-order valence-corrected chi connectivity index (χ0v) is 16.0. The summed E-state index contributed by atoms with van der Waals surface area (Å²) in [6.45, 7) is 3.28. The minimum absolute atomic E-state index is 0.152. The monoisotopic (exact) mass is 438 g/mol. The SMILES string of the molecule is [B]C(CCC)(CCCC)c1c(F)c(F)c(F)c(F)c1-c1c(F)c(F)c(F)c(F)c1F. The van der Waals surface area contributed by atoms with Crippen LogP contribution in [0.25, 0.3) is 11.1 Å². The van der Waals surface area contributed by atoms with Gasteiger partial charge in [-0.2, -0.15) is 0 Å². The molecule has 2 aromatic carbocycles. The van der Waals surface area contributed by atoms with Crippen molar-refractivity contribution < 1.29 is 39.5 Å². The van der Waals surface area contributed by atoms with E-state index in [0.29, 0.717) is 6.42 Å². The van der Waals surface area contributed by atoms with Crippen molar-refractivity contribution in [2.24, 2.45) is 0 Å². The Kier molecular flexibility index (Phi) is 7.19. The van der Waals surface area contributed by atoms with Crippen molar-refractivity contribution >= 4 is 7.85 Å². The average molecular weight is 438 g/mol. The van der Waals surface area contributed by atoms with Crippen molar-refractivity contribution in [2.75, 3.05) is 0 Å². The third-order valence-corrected chi connectivity index (χ3v) is 4.90. The van der Waals surface area contributed by atoms with E-state index in [-0.39, 0.29) is 25.7 Å². The van der Waals surface area contributed by atoms with E-state index in [2.05, 4.69) is 0 Å². The number of rotatable bonds is 7. The van der Waals surface area contributed by atoms with Crippen molar-refractivity contribution in [1.82, 2.24) is 0 Å². The number of unbranched alkanes of at least 4 members (excludes halogenated alkanes) is 1. The molecular weight excluding hydrogens is 422 g/mol. The maximum Gasteiger partial charge on any atom is 0.200 e. The molecule has 0 aliphatic rings. The fourth-order valence-electron chi connectivity index (χ4n) is 3.47. The van der Waals surface area contributed by atoms with Gasteiger partial charge < -0.3 is 0 Å². The minimum Gasteiger partial charge on any atom is -0.203 e. The van der Waals surface area contributed by atoms with Gasteiger partial charge in [-0.3, -0.25) is 0 Å². The Morgan fingerprint density at radius 3 is 1.37 bits per heavy atom. The second-order valence-corrected chi connectivity index (χ2v) is 6.96. The van der Waals surface area contributed by atoms with Crippen molar-refractivity contribution in [3.63, 3.8) is 0 Å². The van der Waals surface area contributed by atoms with Gasteiger partial charge in [0, 0.05) is 5.56 Å². The summed E-state index contributed by atoms with van der Waals surface area (Å²) in [6.07, 6.45) is 0.635. The molecule has 0 spiro atoms. The highest BCUT2D eigenvalue weighted by Gasteiger charge is 2.40. The number of hydrogen-bond acceptors (Lipinski definition) is 0. The molecular formula is C20H16BF9. The van der Waals surface area contributed by atoms with Crippen LogP contribution in [-0.2, 0) is 5.31 Å². The molecule has 0 saturated carbocycles. The van der Waals surface area contributed by atoms with Gasteiger partial charge in [-0.1, -0.05) is 46.0 Å². The molecule has 1 atom stereocenters. The number of hydrogen-bond donors (Lipinski definition) is 0. The van der Waals surface area contributed by atoms with Gasteiger partial charge in [0.25, 0.3) is 0 Å². The summed E-state index contributed by atoms with van der Waals surface area (Å²) >= 11 is 0. The van der Waals surface area contributed by atoms with Gasteiger partial charge in [0.05, 0.1) is 13.4 Å². The summed E-state index contributed by atoms with van der Waals surface area (Å²) in [5, 5.41) is -1.97. The topological polar surface area (TPSA) is 0 Å². The zero-order valence-electron chi connectivity index (χ0n) is 16.0. The summed E-state index contributed by atoms with van der Waals surface area (Å²) < 4.78 is 127. The second kappa shape index (κ2) is 8.94. The Bertz CT molecular complexity index is 945. The Hall–Kier alpha value is -2.13. The van der Waals surface area contributed by atoms with E-state index in [1.807, 2.05) is 0 Å². The van der Waals surface area contributed by atoms with Gasteiger partial charge in [-0.15, -0.1) is 0 Å². The third-order valence-electron chi connectivity index (χ3n) is 4.90. The summed E-state index contributed by atoms with van der Waals surface area (Å²) in [7, 11) is 6.15. The highest BCUT2D eigenvalue weighted by atomic mass is 19.2. The summed E-state index contributed by atoms with van der Waals surface area (Å²) in [5.41, 5.74) is -4.73. The first-order valence-corrected chi connectivity index (χ1v) is 9.11. The molecule has 2 rings (SSSR count). The highest BCUT2D eigenvalue weighted by molar-refractivity contribution is 6.16. The van der Waals surface area contributed by atoms with Crippen molar-refractivity contribution in [2.45, 2.75) is 51.3 Å². The normalized spacial score (nSPS) is 13.6. The standard InChI is InChI=1S/C20H16BF9/c1-3-5-7-20(21,6-4-2)10-8(11(22)15(26)18(29)14(10)25)9-12(23)16(27)19(30)17(28)13(9)24/h3-7H2,1-2H3. The fraction of sp³-hybridized carbons (Fsp3) is 0.400. The predicted octanol–water partition coefficient (Wildman–Crippen LogP) is 6.96. The maximum absolute atomic E-state index is 14.8. The molecule has 0 saturated heterocycles. The van der Waals surface area contributed by atoms with Gasteiger partial charge in [-0.25, -0.2) is 39.5 Å².